The molecule has 1 unspecified atom stereocenters. The zero-order chi connectivity index (χ0) is 20.7. The van der Waals surface area contributed by atoms with E-state index in [1.54, 1.807) is 25.3 Å². The molecule has 1 saturated carbocycles. The molecule has 154 valence electrons. The van der Waals surface area contributed by atoms with Gasteiger partial charge in [0.1, 0.15) is 10.7 Å². The summed E-state index contributed by atoms with van der Waals surface area (Å²) in [4.78, 5) is 6.91. The monoisotopic (exact) mass is 403 g/mol. The van der Waals surface area contributed by atoms with Crippen molar-refractivity contribution in [2.45, 2.75) is 70.4 Å². The van der Waals surface area contributed by atoms with Crippen LogP contribution in [0.25, 0.3) is 0 Å². The van der Waals surface area contributed by atoms with Gasteiger partial charge >= 0.3 is 0 Å². The highest BCUT2D eigenvalue weighted by Gasteiger charge is 2.33. The van der Waals surface area contributed by atoms with E-state index < -0.39 is 15.9 Å². The number of aliphatic imine (C=N–C) groups is 1. The summed E-state index contributed by atoms with van der Waals surface area (Å²) in [5.74, 6) is 0.341. The average molecular weight is 404 g/mol. The number of sulfone groups is 1. The van der Waals surface area contributed by atoms with Crippen LogP contribution in [0.1, 0.15) is 52.0 Å². The van der Waals surface area contributed by atoms with Crippen molar-refractivity contribution in [2.24, 2.45) is 10.7 Å². The first-order valence-corrected chi connectivity index (χ1v) is 11.7. The summed E-state index contributed by atoms with van der Waals surface area (Å²) in [5, 5.41) is 0. The Morgan fingerprint density at radius 2 is 1.71 bits per heavy atom. The van der Waals surface area contributed by atoms with E-state index in [0.29, 0.717) is 12.4 Å². The fourth-order valence-electron chi connectivity index (χ4n) is 3.70. The Balaban J connectivity index is 0.00000136. The normalized spacial score (nSPS) is 24.7. The van der Waals surface area contributed by atoms with Gasteiger partial charge in [-0.15, -0.1) is 0 Å². The van der Waals surface area contributed by atoms with Crippen molar-refractivity contribution < 1.29 is 8.42 Å². The molecule has 2 N–H and O–H groups in total. The summed E-state index contributed by atoms with van der Waals surface area (Å²) >= 11 is 0. The summed E-state index contributed by atoms with van der Waals surface area (Å²) in [7, 11) is -3.72. The summed E-state index contributed by atoms with van der Waals surface area (Å²) in [6.45, 7) is 8.32. The predicted molar refractivity (Wildman–Crippen MR) is 117 cm³/mol. The molecule has 0 bridgehead atoms. The molecule has 0 saturated heterocycles. The summed E-state index contributed by atoms with van der Waals surface area (Å²) in [5.41, 5.74) is 7.52. The number of rotatable bonds is 3. The third-order valence-electron chi connectivity index (χ3n) is 5.16. The summed E-state index contributed by atoms with van der Waals surface area (Å²) < 4.78 is 26.8. The second kappa shape index (κ2) is 9.92. The lowest BCUT2D eigenvalue weighted by Crippen LogP contribution is -2.39. The second-order valence-electron chi connectivity index (χ2n) is 7.06. The molecule has 1 fully saturated rings. The maximum atomic E-state index is 13.4. The molecule has 1 atom stereocenters. The maximum Gasteiger partial charge on any atom is 0.208 e. The third-order valence-corrected chi connectivity index (χ3v) is 7.18. The highest BCUT2D eigenvalue weighted by atomic mass is 32.2. The van der Waals surface area contributed by atoms with E-state index in [0.717, 1.165) is 31.2 Å². The van der Waals surface area contributed by atoms with Gasteiger partial charge in [0.25, 0.3) is 0 Å². The lowest BCUT2D eigenvalue weighted by molar-refractivity contribution is 0.274. The van der Waals surface area contributed by atoms with Gasteiger partial charge in [-0.05, 0) is 44.9 Å². The average Bonchev–Trinajstić information content (AvgIpc) is 3.21. The molecule has 6 heteroatoms. The van der Waals surface area contributed by atoms with Crippen molar-refractivity contribution in [3.05, 3.63) is 52.7 Å². The van der Waals surface area contributed by atoms with Crippen LogP contribution < -0.4 is 5.73 Å². The summed E-state index contributed by atoms with van der Waals surface area (Å²) in [6.07, 6.45) is 9.93. The van der Waals surface area contributed by atoms with Crippen LogP contribution in [-0.2, 0) is 9.84 Å². The minimum atomic E-state index is -3.72. The third kappa shape index (κ3) is 4.85. The van der Waals surface area contributed by atoms with Crippen molar-refractivity contribution in [3.63, 3.8) is 0 Å². The molecule has 28 heavy (non-hydrogen) atoms. The van der Waals surface area contributed by atoms with E-state index in [2.05, 4.69) is 9.89 Å². The Morgan fingerprint density at radius 1 is 1.11 bits per heavy atom. The van der Waals surface area contributed by atoms with E-state index in [1.807, 2.05) is 45.1 Å². The molecular formula is C22H33N3O2S. The van der Waals surface area contributed by atoms with Crippen molar-refractivity contribution in [3.8, 4) is 0 Å². The van der Waals surface area contributed by atoms with E-state index in [-0.39, 0.29) is 15.8 Å². The maximum absolute atomic E-state index is 13.4. The zero-order valence-electron chi connectivity index (χ0n) is 17.4. The van der Waals surface area contributed by atoms with Crippen molar-refractivity contribution in [1.82, 2.24) is 4.90 Å². The first-order valence-electron chi connectivity index (χ1n) is 10.2. The van der Waals surface area contributed by atoms with Crippen molar-refractivity contribution >= 4 is 16.1 Å². The molecule has 1 aliphatic carbocycles. The number of allylic oxidation sites excluding steroid dienone is 1. The fraction of sp³-hybridized carbons (Fsp3) is 0.500. The molecule has 1 aromatic rings. The van der Waals surface area contributed by atoms with Gasteiger partial charge in [-0.2, -0.15) is 0 Å². The predicted octanol–water partition coefficient (Wildman–Crippen LogP) is 4.20. The van der Waals surface area contributed by atoms with Crippen LogP contribution in [0, 0.1) is 6.92 Å². The van der Waals surface area contributed by atoms with Crippen LogP contribution in [0.3, 0.4) is 0 Å². The van der Waals surface area contributed by atoms with Gasteiger partial charge in [0.2, 0.25) is 9.84 Å². The lowest BCUT2D eigenvalue weighted by atomic mass is 10.2. The van der Waals surface area contributed by atoms with Crippen LogP contribution in [0.4, 0.5) is 0 Å². The molecule has 1 aromatic carbocycles. The smallest absolute Gasteiger partial charge is 0.208 e. The molecule has 1 aliphatic heterocycles. The van der Waals surface area contributed by atoms with Crippen LogP contribution in [0.2, 0.25) is 0 Å². The van der Waals surface area contributed by atoms with Gasteiger partial charge in [0, 0.05) is 18.8 Å². The van der Waals surface area contributed by atoms with E-state index in [9.17, 15) is 8.42 Å². The van der Waals surface area contributed by atoms with Crippen LogP contribution in [0.15, 0.2) is 57.0 Å². The number of nitrogens with two attached hydrogens (primary N) is 1. The molecule has 5 nitrogen and oxygen atoms in total. The van der Waals surface area contributed by atoms with Gasteiger partial charge in [-0.1, -0.05) is 50.5 Å². The van der Waals surface area contributed by atoms with Gasteiger partial charge in [0.05, 0.1) is 10.9 Å². The van der Waals surface area contributed by atoms with Crippen LogP contribution in [-0.4, -0.2) is 38.2 Å². The lowest BCUT2D eigenvalue weighted by Gasteiger charge is -2.32. The SMILES string of the molecule is CC.Cc1ccc(S(=O)(=O)/C2=C(\N)N(C3CCCC3)C/C=C\C=NC2C)cc1. The standard InChI is InChI=1S/C20H27N3O2S.C2H6/c1-15-9-11-18(12-10-15)26(24,25)19-16(2)22-13-5-6-14-23(20(19)21)17-7-3-4-8-17;1-2/h5-6,9-13,16-17H,3-4,7-8,14,21H2,1-2H3;1-2H3/b6-5-,20-19+,22-13?;. The topological polar surface area (TPSA) is 75.8 Å². The Kier molecular flexibility index (Phi) is 7.87. The van der Waals surface area contributed by atoms with Gasteiger partial charge < -0.3 is 10.6 Å². The van der Waals surface area contributed by atoms with E-state index in [1.165, 1.54) is 0 Å². The highest BCUT2D eigenvalue weighted by molar-refractivity contribution is 7.95. The molecule has 0 amide bonds. The highest BCUT2D eigenvalue weighted by Crippen LogP contribution is 2.31. The zero-order valence-corrected chi connectivity index (χ0v) is 18.2. The number of hydrogen-bond donors (Lipinski definition) is 1. The minimum absolute atomic E-state index is 0.202. The van der Waals surface area contributed by atoms with E-state index in [4.69, 9.17) is 5.73 Å². The molecule has 0 aromatic heterocycles. The molecule has 2 aliphatic rings. The Morgan fingerprint density at radius 3 is 2.32 bits per heavy atom. The molecule has 3 rings (SSSR count). The number of hydrogen-bond acceptors (Lipinski definition) is 5. The minimum Gasteiger partial charge on any atom is -0.384 e. The van der Waals surface area contributed by atoms with Gasteiger partial charge in [-0.3, -0.25) is 4.99 Å². The first-order chi connectivity index (χ1) is 13.4. The van der Waals surface area contributed by atoms with E-state index >= 15 is 0 Å². The van der Waals surface area contributed by atoms with Gasteiger partial charge in [-0.25, -0.2) is 8.42 Å². The molecule has 0 radical (unpaired) electrons. The quantitative estimate of drug-likeness (QED) is 0.821. The number of benzene rings is 1. The van der Waals surface area contributed by atoms with Gasteiger partial charge in [0.15, 0.2) is 0 Å². The Bertz CT molecular complexity index is 833. The fourth-order valence-corrected chi connectivity index (χ4v) is 5.35. The van der Waals surface area contributed by atoms with Crippen LogP contribution in [0.5, 0.6) is 0 Å². The second-order valence-corrected chi connectivity index (χ2v) is 8.98. The first kappa shape index (κ1) is 22.2. The molecule has 0 spiro atoms. The Hall–Kier alpha value is -2.08. The van der Waals surface area contributed by atoms with Crippen LogP contribution >= 0.6 is 0 Å². The molecular weight excluding hydrogens is 370 g/mol. The number of aryl methyl sites for hydroxylation is 1. The van der Waals surface area contributed by atoms with Crippen molar-refractivity contribution in [1.29, 1.82) is 0 Å². The Labute approximate surface area is 170 Å². The largest absolute Gasteiger partial charge is 0.384 e. The number of nitrogens with zero attached hydrogens (tertiary/aromatic N) is 2. The van der Waals surface area contributed by atoms with Crippen molar-refractivity contribution in [2.75, 3.05) is 6.54 Å². The summed E-state index contributed by atoms with van der Waals surface area (Å²) in [6, 6.07) is 6.66. The molecule has 1 heterocycles.